The minimum absolute atomic E-state index is 0.289. The maximum Gasteiger partial charge on any atom is 0.130 e. The van der Waals surface area contributed by atoms with Crippen molar-refractivity contribution in [3.05, 3.63) is 0 Å². The minimum Gasteiger partial charge on any atom is -0.378 e. The smallest absolute Gasteiger partial charge is 0.130 e. The monoisotopic (exact) mass is 221 g/mol. The summed E-state index contributed by atoms with van der Waals surface area (Å²) in [7, 11) is 0. The topological polar surface area (TPSA) is 21.3 Å². The van der Waals surface area contributed by atoms with Crippen LogP contribution in [0.3, 0.4) is 0 Å². The van der Waals surface area contributed by atoms with E-state index >= 15 is 0 Å². The van der Waals surface area contributed by atoms with Gasteiger partial charge in [-0.1, -0.05) is 26.1 Å². The van der Waals surface area contributed by atoms with E-state index in [0.717, 1.165) is 19.6 Å². The minimum atomic E-state index is 0.289. The van der Waals surface area contributed by atoms with Crippen LogP contribution in [0.4, 0.5) is 0 Å². The van der Waals surface area contributed by atoms with Crippen LogP contribution in [-0.2, 0) is 4.74 Å². The van der Waals surface area contributed by atoms with Crippen LogP contribution in [-0.4, -0.2) is 23.6 Å². The summed E-state index contributed by atoms with van der Waals surface area (Å²) in [6.07, 6.45) is 1.26. The molecule has 78 valence electrons. The van der Waals surface area contributed by atoms with Gasteiger partial charge in [-0.05, 0) is 19.3 Å². The molecule has 0 aliphatic heterocycles. The summed E-state index contributed by atoms with van der Waals surface area (Å²) in [5.41, 5.74) is 0. The van der Waals surface area contributed by atoms with Crippen LogP contribution in [0, 0.1) is 5.92 Å². The molecule has 0 bridgehead atoms. The van der Waals surface area contributed by atoms with Crippen molar-refractivity contribution < 1.29 is 4.74 Å². The highest BCUT2D eigenvalue weighted by atomic mass is 32.1. The number of thiocarbonyl (C=S) groups is 1. The lowest BCUT2D eigenvalue weighted by molar-refractivity contribution is 0.0434. The second kappa shape index (κ2) is 7.59. The molecule has 0 amide bonds. The van der Waals surface area contributed by atoms with E-state index in [1.54, 1.807) is 0 Å². The summed E-state index contributed by atoms with van der Waals surface area (Å²) in [5.74, 6) is 0.598. The Morgan fingerprint density at radius 1 is 1.46 bits per heavy atom. The highest BCUT2D eigenvalue weighted by Gasteiger charge is 2.02. The molecule has 0 heterocycles. The Morgan fingerprint density at radius 2 is 2.08 bits per heavy atom. The second-order valence-electron chi connectivity index (χ2n) is 3.56. The van der Waals surface area contributed by atoms with Crippen molar-refractivity contribution in [1.29, 1.82) is 0 Å². The highest BCUT2D eigenvalue weighted by Crippen LogP contribution is 2.00. The number of nitrogens with one attached hydrogen (secondary N) is 1. The van der Waals surface area contributed by atoms with Crippen LogP contribution in [0.15, 0.2) is 0 Å². The Kier molecular flexibility index (Phi) is 7.71. The van der Waals surface area contributed by atoms with E-state index in [1.807, 2.05) is 0 Å². The molecule has 0 saturated carbocycles. The molecular formula is C9H19NOS2. The first-order chi connectivity index (χ1) is 6.02. The summed E-state index contributed by atoms with van der Waals surface area (Å²) in [4.78, 5) is 0. The van der Waals surface area contributed by atoms with Gasteiger partial charge in [0.05, 0.1) is 6.10 Å². The van der Waals surface area contributed by atoms with Gasteiger partial charge in [0.2, 0.25) is 0 Å². The Morgan fingerprint density at radius 3 is 2.54 bits per heavy atom. The molecule has 0 fully saturated rings. The summed E-state index contributed by atoms with van der Waals surface area (Å²) in [6, 6.07) is 0. The highest BCUT2D eigenvalue weighted by molar-refractivity contribution is 8.11. The maximum absolute atomic E-state index is 5.58. The Labute approximate surface area is 91.8 Å². The zero-order valence-corrected chi connectivity index (χ0v) is 10.3. The van der Waals surface area contributed by atoms with E-state index in [-0.39, 0.29) is 6.10 Å². The third-order valence-corrected chi connectivity index (χ3v) is 1.84. The van der Waals surface area contributed by atoms with Crippen LogP contribution in [0.5, 0.6) is 0 Å². The van der Waals surface area contributed by atoms with Gasteiger partial charge in [0.15, 0.2) is 0 Å². The van der Waals surface area contributed by atoms with Crippen LogP contribution >= 0.6 is 24.8 Å². The lowest BCUT2D eigenvalue weighted by atomic mass is 10.2. The largest absolute Gasteiger partial charge is 0.378 e. The average molecular weight is 221 g/mol. The van der Waals surface area contributed by atoms with Crippen molar-refractivity contribution >= 4 is 29.2 Å². The molecule has 1 atom stereocenters. The first-order valence-electron chi connectivity index (χ1n) is 4.60. The molecule has 4 heteroatoms. The fourth-order valence-corrected chi connectivity index (χ4v) is 1.04. The van der Waals surface area contributed by atoms with Crippen LogP contribution in [0.2, 0.25) is 0 Å². The Bertz CT molecular complexity index is 151. The molecule has 0 aromatic rings. The van der Waals surface area contributed by atoms with Crippen molar-refractivity contribution in [2.45, 2.75) is 33.3 Å². The predicted molar refractivity (Wildman–Crippen MR) is 64.5 cm³/mol. The zero-order chi connectivity index (χ0) is 10.3. The van der Waals surface area contributed by atoms with Crippen molar-refractivity contribution in [2.24, 2.45) is 5.92 Å². The van der Waals surface area contributed by atoms with Crippen LogP contribution in [0.25, 0.3) is 0 Å². The third-order valence-electron chi connectivity index (χ3n) is 1.54. The number of rotatable bonds is 6. The van der Waals surface area contributed by atoms with Crippen molar-refractivity contribution in [2.75, 3.05) is 13.2 Å². The Balaban J connectivity index is 3.29. The number of thiol groups is 1. The predicted octanol–water partition coefficient (Wildman–Crippen LogP) is 2.24. The number of hydrogen-bond donors (Lipinski definition) is 2. The molecule has 0 saturated heterocycles. The van der Waals surface area contributed by atoms with Crippen LogP contribution < -0.4 is 5.32 Å². The summed E-state index contributed by atoms with van der Waals surface area (Å²) >= 11 is 8.73. The van der Waals surface area contributed by atoms with Gasteiger partial charge in [-0.25, -0.2) is 0 Å². The van der Waals surface area contributed by atoms with Crippen molar-refractivity contribution in [1.82, 2.24) is 5.32 Å². The Hall–Kier alpha value is 0.200. The molecule has 0 aliphatic rings. The van der Waals surface area contributed by atoms with Gasteiger partial charge in [-0.15, -0.1) is 12.6 Å². The molecular weight excluding hydrogens is 202 g/mol. The summed E-state index contributed by atoms with van der Waals surface area (Å²) in [5, 5.41) is 2.98. The molecule has 1 unspecified atom stereocenters. The first-order valence-corrected chi connectivity index (χ1v) is 5.46. The third kappa shape index (κ3) is 10.1. The van der Waals surface area contributed by atoms with E-state index in [1.165, 1.54) is 0 Å². The normalized spacial score (nSPS) is 13.0. The van der Waals surface area contributed by atoms with Crippen molar-refractivity contribution in [3.8, 4) is 0 Å². The fourth-order valence-electron chi connectivity index (χ4n) is 0.822. The molecule has 0 aromatic carbocycles. The summed E-state index contributed by atoms with van der Waals surface area (Å²) < 4.78 is 6.13. The molecule has 2 nitrogen and oxygen atoms in total. The summed E-state index contributed by atoms with van der Waals surface area (Å²) in [6.45, 7) is 8.03. The zero-order valence-electron chi connectivity index (χ0n) is 8.54. The van der Waals surface area contributed by atoms with E-state index in [4.69, 9.17) is 17.0 Å². The van der Waals surface area contributed by atoms with Gasteiger partial charge >= 0.3 is 0 Å². The molecule has 0 aliphatic carbocycles. The van der Waals surface area contributed by atoms with E-state index in [0.29, 0.717) is 10.2 Å². The van der Waals surface area contributed by atoms with Gasteiger partial charge in [0.1, 0.15) is 4.32 Å². The quantitative estimate of drug-likeness (QED) is 0.530. The van der Waals surface area contributed by atoms with Crippen molar-refractivity contribution in [3.63, 3.8) is 0 Å². The molecule has 1 N–H and O–H groups in total. The molecule has 0 rings (SSSR count). The van der Waals surface area contributed by atoms with Gasteiger partial charge in [-0.2, -0.15) is 0 Å². The van der Waals surface area contributed by atoms with Gasteiger partial charge in [0.25, 0.3) is 0 Å². The van der Waals surface area contributed by atoms with E-state index in [9.17, 15) is 0 Å². The molecule has 0 spiro atoms. The standard InChI is InChI=1S/C9H19NOS2/c1-7(2)6-11-8(3)4-5-10-9(12)13/h7-8H,4-6H2,1-3H3,(H2,10,12,13). The van der Waals surface area contributed by atoms with Gasteiger partial charge < -0.3 is 10.1 Å². The average Bonchev–Trinajstić information content (AvgIpc) is 2.00. The first kappa shape index (κ1) is 13.2. The lowest BCUT2D eigenvalue weighted by Gasteiger charge is -2.14. The SMILES string of the molecule is CC(C)COC(C)CCNC(=S)S. The maximum atomic E-state index is 5.58. The van der Waals surface area contributed by atoms with Gasteiger partial charge in [-0.3, -0.25) is 0 Å². The second-order valence-corrected chi connectivity index (χ2v) is 4.72. The van der Waals surface area contributed by atoms with E-state index in [2.05, 4.69) is 38.7 Å². The molecule has 13 heavy (non-hydrogen) atoms. The van der Waals surface area contributed by atoms with Gasteiger partial charge in [0, 0.05) is 13.2 Å². The molecule has 0 radical (unpaired) electrons. The number of hydrogen-bond acceptors (Lipinski definition) is 2. The van der Waals surface area contributed by atoms with E-state index < -0.39 is 0 Å². The molecule has 0 aromatic heterocycles. The lowest BCUT2D eigenvalue weighted by Crippen LogP contribution is -2.23. The number of ether oxygens (including phenoxy) is 1. The van der Waals surface area contributed by atoms with Crippen LogP contribution in [0.1, 0.15) is 27.2 Å². The fraction of sp³-hybridized carbons (Fsp3) is 0.889.